The number of nitrogens with one attached hydrogen (secondary N) is 1. The van der Waals surface area contributed by atoms with Gasteiger partial charge in [-0.15, -0.1) is 12.4 Å². The number of carbonyl (C=O) groups excluding carboxylic acids is 1. The van der Waals surface area contributed by atoms with E-state index in [1.807, 2.05) is 0 Å². The van der Waals surface area contributed by atoms with E-state index in [-0.39, 0.29) is 12.4 Å². The van der Waals surface area contributed by atoms with Gasteiger partial charge in [0, 0.05) is 19.5 Å². The van der Waals surface area contributed by atoms with Crippen molar-refractivity contribution in [2.24, 2.45) is 11.8 Å². The first-order valence-electron chi connectivity index (χ1n) is 6.78. The maximum Gasteiger partial charge on any atom is 0.222 e. The molecule has 1 heterocycles. The summed E-state index contributed by atoms with van der Waals surface area (Å²) in [6.07, 6.45) is 5.75. The Morgan fingerprint density at radius 1 is 1.18 bits per heavy atom. The summed E-state index contributed by atoms with van der Waals surface area (Å²) >= 11 is 0. The molecule has 0 bridgehead atoms. The molecule has 2 aliphatic rings. The van der Waals surface area contributed by atoms with E-state index in [2.05, 4.69) is 17.1 Å². The number of hydrogen-bond donors (Lipinski definition) is 1. The van der Waals surface area contributed by atoms with E-state index in [4.69, 9.17) is 0 Å². The lowest BCUT2D eigenvalue weighted by atomic mass is 9.96. The van der Waals surface area contributed by atoms with Crippen molar-refractivity contribution in [2.75, 3.05) is 26.2 Å². The highest BCUT2D eigenvalue weighted by atomic mass is 35.5. The van der Waals surface area contributed by atoms with Gasteiger partial charge in [0.15, 0.2) is 0 Å². The smallest absolute Gasteiger partial charge is 0.222 e. The first-order chi connectivity index (χ1) is 7.79. The van der Waals surface area contributed by atoms with E-state index in [1.54, 1.807) is 0 Å². The summed E-state index contributed by atoms with van der Waals surface area (Å²) < 4.78 is 0. The summed E-state index contributed by atoms with van der Waals surface area (Å²) in [5.74, 6) is 1.92. The lowest BCUT2D eigenvalue weighted by Crippen LogP contribution is -2.40. The molecule has 2 rings (SSSR count). The molecule has 1 saturated heterocycles. The molecule has 3 nitrogen and oxygen atoms in total. The Morgan fingerprint density at radius 3 is 2.35 bits per heavy atom. The summed E-state index contributed by atoms with van der Waals surface area (Å²) in [5, 5.41) is 3.40. The van der Waals surface area contributed by atoms with Crippen molar-refractivity contribution in [3.05, 3.63) is 0 Å². The molecule has 0 unspecified atom stereocenters. The van der Waals surface area contributed by atoms with Gasteiger partial charge in [0.1, 0.15) is 0 Å². The van der Waals surface area contributed by atoms with E-state index in [0.717, 1.165) is 44.4 Å². The van der Waals surface area contributed by atoms with Gasteiger partial charge in [-0.3, -0.25) is 4.79 Å². The van der Waals surface area contributed by atoms with Gasteiger partial charge in [0.05, 0.1) is 0 Å². The van der Waals surface area contributed by atoms with Crippen molar-refractivity contribution in [3.63, 3.8) is 0 Å². The van der Waals surface area contributed by atoms with E-state index < -0.39 is 0 Å². The lowest BCUT2D eigenvalue weighted by Gasteiger charge is -2.32. The topological polar surface area (TPSA) is 32.3 Å². The minimum Gasteiger partial charge on any atom is -0.343 e. The second-order valence-electron chi connectivity index (χ2n) is 5.28. The summed E-state index contributed by atoms with van der Waals surface area (Å²) in [4.78, 5) is 14.0. The van der Waals surface area contributed by atoms with Crippen LogP contribution < -0.4 is 5.32 Å². The molecule has 0 aromatic heterocycles. The fourth-order valence-corrected chi connectivity index (χ4v) is 2.43. The monoisotopic (exact) mass is 260 g/mol. The molecule has 0 aromatic rings. The Balaban J connectivity index is 0.00000144. The molecule has 4 heteroatoms. The minimum absolute atomic E-state index is 0. The maximum absolute atomic E-state index is 11.9. The van der Waals surface area contributed by atoms with Crippen molar-refractivity contribution < 1.29 is 4.79 Å². The molecule has 1 aliphatic carbocycles. The molecule has 2 fully saturated rings. The number of piperidine rings is 1. The van der Waals surface area contributed by atoms with Crippen LogP contribution in [0.4, 0.5) is 0 Å². The Hall–Kier alpha value is -0.280. The molecule has 0 aromatic carbocycles. The van der Waals surface area contributed by atoms with Crippen molar-refractivity contribution in [1.82, 2.24) is 10.2 Å². The number of hydrogen-bond acceptors (Lipinski definition) is 2. The van der Waals surface area contributed by atoms with Crippen LogP contribution in [0.5, 0.6) is 0 Å². The van der Waals surface area contributed by atoms with Crippen LogP contribution in [0.25, 0.3) is 0 Å². The van der Waals surface area contributed by atoms with Crippen LogP contribution in [0.1, 0.15) is 39.0 Å². The quantitative estimate of drug-likeness (QED) is 0.821. The van der Waals surface area contributed by atoms with E-state index in [0.29, 0.717) is 5.91 Å². The number of nitrogens with zero attached hydrogens (tertiary/aromatic N) is 1. The number of rotatable bonds is 5. The average molecular weight is 261 g/mol. The van der Waals surface area contributed by atoms with Crippen LogP contribution in [-0.2, 0) is 4.79 Å². The van der Waals surface area contributed by atoms with Crippen LogP contribution in [0.15, 0.2) is 0 Å². The summed E-state index contributed by atoms with van der Waals surface area (Å²) in [6.45, 7) is 6.31. The standard InChI is InChI=1S/C13H24N2O.ClH/c1-2-14-10-12-5-7-15(8-6-12)13(16)9-11-3-4-11;/h11-12,14H,2-10H2,1H3;1H. The van der Waals surface area contributed by atoms with Crippen LogP contribution in [-0.4, -0.2) is 37.0 Å². The van der Waals surface area contributed by atoms with Crippen molar-refractivity contribution >= 4 is 18.3 Å². The van der Waals surface area contributed by atoms with Gasteiger partial charge in [-0.1, -0.05) is 6.92 Å². The molecule has 0 radical (unpaired) electrons. The largest absolute Gasteiger partial charge is 0.343 e. The lowest BCUT2D eigenvalue weighted by molar-refractivity contribution is -0.132. The highest BCUT2D eigenvalue weighted by Crippen LogP contribution is 2.33. The van der Waals surface area contributed by atoms with Gasteiger partial charge >= 0.3 is 0 Å². The fraction of sp³-hybridized carbons (Fsp3) is 0.923. The van der Waals surface area contributed by atoms with Gasteiger partial charge < -0.3 is 10.2 Å². The number of halogens is 1. The van der Waals surface area contributed by atoms with Crippen LogP contribution >= 0.6 is 12.4 Å². The summed E-state index contributed by atoms with van der Waals surface area (Å²) in [6, 6.07) is 0. The average Bonchev–Trinajstić information content (AvgIpc) is 3.11. The molecule has 0 spiro atoms. The number of likely N-dealkylation sites (tertiary alicyclic amines) is 1. The van der Waals surface area contributed by atoms with Gasteiger partial charge in [0.25, 0.3) is 0 Å². The number of amides is 1. The molecule has 17 heavy (non-hydrogen) atoms. The first kappa shape index (κ1) is 14.8. The summed E-state index contributed by atoms with van der Waals surface area (Å²) in [5.41, 5.74) is 0. The van der Waals surface area contributed by atoms with Crippen molar-refractivity contribution in [3.8, 4) is 0 Å². The van der Waals surface area contributed by atoms with Gasteiger partial charge in [-0.05, 0) is 50.6 Å². The van der Waals surface area contributed by atoms with E-state index >= 15 is 0 Å². The van der Waals surface area contributed by atoms with E-state index in [9.17, 15) is 4.79 Å². The van der Waals surface area contributed by atoms with Crippen LogP contribution in [0.3, 0.4) is 0 Å². The zero-order chi connectivity index (χ0) is 11.4. The third-order valence-corrected chi connectivity index (χ3v) is 3.81. The predicted octanol–water partition coefficient (Wildman–Crippen LogP) is 2.06. The molecule has 1 amide bonds. The second-order valence-corrected chi connectivity index (χ2v) is 5.28. The second kappa shape index (κ2) is 7.22. The highest BCUT2D eigenvalue weighted by molar-refractivity contribution is 5.85. The van der Waals surface area contributed by atoms with Crippen molar-refractivity contribution in [2.45, 2.75) is 39.0 Å². The molecule has 1 saturated carbocycles. The minimum atomic E-state index is 0. The molecule has 1 N–H and O–H groups in total. The number of carbonyl (C=O) groups is 1. The third-order valence-electron chi connectivity index (χ3n) is 3.81. The zero-order valence-electron chi connectivity index (χ0n) is 10.8. The maximum atomic E-state index is 11.9. The SMILES string of the molecule is CCNCC1CCN(C(=O)CC2CC2)CC1.Cl. The molecule has 0 atom stereocenters. The fourth-order valence-electron chi connectivity index (χ4n) is 2.43. The Labute approximate surface area is 111 Å². The van der Waals surface area contributed by atoms with Gasteiger partial charge in [-0.2, -0.15) is 0 Å². The van der Waals surface area contributed by atoms with Gasteiger partial charge in [-0.25, -0.2) is 0 Å². The third kappa shape index (κ3) is 4.84. The summed E-state index contributed by atoms with van der Waals surface area (Å²) in [7, 11) is 0. The molecule has 100 valence electrons. The normalized spacial score (nSPS) is 21.1. The van der Waals surface area contributed by atoms with Gasteiger partial charge in [0.2, 0.25) is 5.91 Å². The Morgan fingerprint density at radius 2 is 1.82 bits per heavy atom. The van der Waals surface area contributed by atoms with Crippen molar-refractivity contribution in [1.29, 1.82) is 0 Å². The Kier molecular flexibility index (Phi) is 6.28. The van der Waals surface area contributed by atoms with E-state index in [1.165, 1.54) is 25.7 Å². The zero-order valence-corrected chi connectivity index (χ0v) is 11.6. The molecular formula is C13H25ClN2O. The van der Waals surface area contributed by atoms with Crippen LogP contribution in [0.2, 0.25) is 0 Å². The predicted molar refractivity (Wildman–Crippen MR) is 72.4 cm³/mol. The first-order valence-corrected chi connectivity index (χ1v) is 6.78. The molecule has 1 aliphatic heterocycles. The highest BCUT2D eigenvalue weighted by Gasteiger charge is 2.28. The Bertz CT molecular complexity index is 236. The molecular weight excluding hydrogens is 236 g/mol. The van der Waals surface area contributed by atoms with Crippen LogP contribution in [0, 0.1) is 11.8 Å².